The number of aryl methyl sites for hydroxylation is 2. The number of carboxylic acids is 1. The van der Waals surface area contributed by atoms with Gasteiger partial charge in [0.15, 0.2) is 6.61 Å². The van der Waals surface area contributed by atoms with E-state index in [1.165, 1.54) is 10.5 Å². The van der Waals surface area contributed by atoms with Gasteiger partial charge in [0, 0.05) is 16.1 Å². The van der Waals surface area contributed by atoms with E-state index in [1.807, 2.05) is 43.0 Å². The van der Waals surface area contributed by atoms with Crippen LogP contribution in [-0.4, -0.2) is 30.0 Å². The molecular formula is C25H34O4S. The van der Waals surface area contributed by atoms with E-state index in [2.05, 4.69) is 39.0 Å². The molecule has 0 aromatic heterocycles. The standard InChI is InChI=1S/C25H34O4S/c1-5-13-25(14-6-2,17-29-21-9-7-19(3)8-10-21)18-30-22-11-12-23(20(4)15-22)28-16-24(26)27/h7-12,15H,5-6,13-14,16-18H2,1-4H3,(H,26,27). The van der Waals surface area contributed by atoms with Crippen LogP contribution >= 0.6 is 11.8 Å². The summed E-state index contributed by atoms with van der Waals surface area (Å²) in [6, 6.07) is 14.2. The first-order valence-electron chi connectivity index (χ1n) is 10.6. The summed E-state index contributed by atoms with van der Waals surface area (Å²) in [4.78, 5) is 11.9. The molecule has 2 aromatic rings. The third-order valence-corrected chi connectivity index (χ3v) is 6.51. The number of hydrogen-bond acceptors (Lipinski definition) is 4. The molecule has 0 amide bonds. The second-order valence-electron chi connectivity index (χ2n) is 8.00. The predicted octanol–water partition coefficient (Wildman–Crippen LogP) is 6.52. The van der Waals surface area contributed by atoms with Crippen molar-refractivity contribution in [3.05, 3.63) is 53.6 Å². The normalized spacial score (nSPS) is 11.3. The molecule has 30 heavy (non-hydrogen) atoms. The SMILES string of the molecule is CCCC(CCC)(COc1ccc(C)cc1)CSc1ccc(OCC(=O)O)c(C)c1. The number of carbonyl (C=O) groups is 1. The molecule has 0 saturated carbocycles. The Balaban J connectivity index is 2.06. The summed E-state index contributed by atoms with van der Waals surface area (Å²) in [6.45, 7) is 8.90. The van der Waals surface area contributed by atoms with Crippen LogP contribution in [0.2, 0.25) is 0 Å². The Morgan fingerprint density at radius 2 is 1.67 bits per heavy atom. The van der Waals surface area contributed by atoms with E-state index in [4.69, 9.17) is 14.6 Å². The topological polar surface area (TPSA) is 55.8 Å². The smallest absolute Gasteiger partial charge is 0.341 e. The van der Waals surface area contributed by atoms with Gasteiger partial charge in [-0.25, -0.2) is 4.79 Å². The summed E-state index contributed by atoms with van der Waals surface area (Å²) in [7, 11) is 0. The molecular weight excluding hydrogens is 396 g/mol. The van der Waals surface area contributed by atoms with Crippen molar-refractivity contribution in [1.29, 1.82) is 0 Å². The third-order valence-electron chi connectivity index (χ3n) is 5.17. The van der Waals surface area contributed by atoms with Gasteiger partial charge in [0.05, 0.1) is 6.61 Å². The van der Waals surface area contributed by atoms with E-state index in [0.29, 0.717) is 12.4 Å². The van der Waals surface area contributed by atoms with Crippen LogP contribution in [0.3, 0.4) is 0 Å². The summed E-state index contributed by atoms with van der Waals surface area (Å²) in [5.74, 6) is 1.57. The molecule has 0 aliphatic heterocycles. The van der Waals surface area contributed by atoms with Crippen molar-refractivity contribution in [1.82, 2.24) is 0 Å². The number of thioether (sulfide) groups is 1. The lowest BCUT2D eigenvalue weighted by atomic mass is 9.82. The van der Waals surface area contributed by atoms with Gasteiger partial charge < -0.3 is 14.6 Å². The molecule has 2 rings (SSSR count). The minimum atomic E-state index is -0.967. The Labute approximate surface area is 185 Å². The number of hydrogen-bond donors (Lipinski definition) is 1. The van der Waals surface area contributed by atoms with Gasteiger partial charge in [0.2, 0.25) is 0 Å². The Morgan fingerprint density at radius 3 is 2.23 bits per heavy atom. The molecule has 0 heterocycles. The molecule has 0 aliphatic carbocycles. The van der Waals surface area contributed by atoms with Crippen molar-refractivity contribution < 1.29 is 19.4 Å². The highest BCUT2D eigenvalue weighted by Gasteiger charge is 2.30. The van der Waals surface area contributed by atoms with E-state index in [0.717, 1.165) is 42.7 Å². The van der Waals surface area contributed by atoms with Crippen LogP contribution in [0.4, 0.5) is 0 Å². The predicted molar refractivity (Wildman–Crippen MR) is 124 cm³/mol. The Bertz CT molecular complexity index is 795. The number of aliphatic carboxylic acids is 1. The molecule has 2 aromatic carbocycles. The molecule has 0 bridgehead atoms. The maximum absolute atomic E-state index is 10.7. The molecule has 0 unspecified atom stereocenters. The highest BCUT2D eigenvalue weighted by atomic mass is 32.2. The molecule has 0 fully saturated rings. The zero-order chi connectivity index (χ0) is 22.0. The molecule has 0 atom stereocenters. The monoisotopic (exact) mass is 430 g/mol. The minimum absolute atomic E-state index is 0.117. The van der Waals surface area contributed by atoms with Crippen molar-refractivity contribution in [2.45, 2.75) is 58.3 Å². The highest BCUT2D eigenvalue weighted by molar-refractivity contribution is 7.99. The van der Waals surface area contributed by atoms with Crippen molar-refractivity contribution >= 4 is 17.7 Å². The van der Waals surface area contributed by atoms with Crippen LogP contribution < -0.4 is 9.47 Å². The minimum Gasteiger partial charge on any atom is -0.493 e. The lowest BCUT2D eigenvalue weighted by molar-refractivity contribution is -0.139. The van der Waals surface area contributed by atoms with Crippen molar-refractivity contribution in [2.24, 2.45) is 5.41 Å². The Hall–Kier alpha value is -2.14. The van der Waals surface area contributed by atoms with Crippen LogP contribution in [-0.2, 0) is 4.79 Å². The van der Waals surface area contributed by atoms with E-state index >= 15 is 0 Å². The molecule has 5 heteroatoms. The van der Waals surface area contributed by atoms with Gasteiger partial charge >= 0.3 is 5.97 Å². The lowest BCUT2D eigenvalue weighted by Crippen LogP contribution is -2.31. The van der Waals surface area contributed by atoms with Crippen molar-refractivity contribution in [3.8, 4) is 11.5 Å². The first kappa shape index (κ1) is 24.1. The first-order chi connectivity index (χ1) is 14.4. The van der Waals surface area contributed by atoms with Crippen LogP contribution in [0.25, 0.3) is 0 Å². The number of benzene rings is 2. The maximum atomic E-state index is 10.7. The first-order valence-corrected chi connectivity index (χ1v) is 11.6. The third kappa shape index (κ3) is 7.60. The highest BCUT2D eigenvalue weighted by Crippen LogP contribution is 2.38. The summed E-state index contributed by atoms with van der Waals surface area (Å²) < 4.78 is 11.6. The van der Waals surface area contributed by atoms with Gasteiger partial charge in [-0.2, -0.15) is 0 Å². The van der Waals surface area contributed by atoms with E-state index in [-0.39, 0.29) is 12.0 Å². The molecule has 164 valence electrons. The van der Waals surface area contributed by atoms with Crippen molar-refractivity contribution in [2.75, 3.05) is 19.0 Å². The average Bonchev–Trinajstić information content (AvgIpc) is 2.71. The van der Waals surface area contributed by atoms with E-state index in [9.17, 15) is 4.79 Å². The molecule has 4 nitrogen and oxygen atoms in total. The van der Waals surface area contributed by atoms with Gasteiger partial charge in [0.1, 0.15) is 11.5 Å². The number of rotatable bonds is 13. The van der Waals surface area contributed by atoms with Gasteiger partial charge in [-0.05, 0) is 62.6 Å². The second kappa shape index (κ2) is 11.9. The van der Waals surface area contributed by atoms with Crippen LogP contribution in [0.1, 0.15) is 50.7 Å². The summed E-state index contributed by atoms with van der Waals surface area (Å²) in [6.07, 6.45) is 4.49. The van der Waals surface area contributed by atoms with Crippen LogP contribution in [0, 0.1) is 19.3 Å². The van der Waals surface area contributed by atoms with Crippen molar-refractivity contribution in [3.63, 3.8) is 0 Å². The lowest BCUT2D eigenvalue weighted by Gasteiger charge is -2.33. The fourth-order valence-electron chi connectivity index (χ4n) is 3.64. The quantitative estimate of drug-likeness (QED) is 0.366. The molecule has 0 radical (unpaired) electrons. The second-order valence-corrected chi connectivity index (χ2v) is 9.05. The zero-order valence-corrected chi connectivity index (χ0v) is 19.4. The van der Waals surface area contributed by atoms with E-state index < -0.39 is 5.97 Å². The Kier molecular flexibility index (Phi) is 9.57. The van der Waals surface area contributed by atoms with Crippen LogP contribution in [0.15, 0.2) is 47.4 Å². The molecule has 1 N–H and O–H groups in total. The fourth-order valence-corrected chi connectivity index (χ4v) is 4.91. The number of carboxylic acid groups (broad SMARTS) is 1. The largest absolute Gasteiger partial charge is 0.493 e. The molecule has 0 spiro atoms. The molecule has 0 aliphatic rings. The van der Waals surface area contributed by atoms with Gasteiger partial charge in [-0.3, -0.25) is 0 Å². The van der Waals surface area contributed by atoms with E-state index in [1.54, 1.807) is 0 Å². The van der Waals surface area contributed by atoms with Crippen LogP contribution in [0.5, 0.6) is 11.5 Å². The van der Waals surface area contributed by atoms with Gasteiger partial charge in [0.25, 0.3) is 0 Å². The molecule has 0 saturated heterocycles. The summed E-state index contributed by atoms with van der Waals surface area (Å²) >= 11 is 1.84. The summed E-state index contributed by atoms with van der Waals surface area (Å²) in [5.41, 5.74) is 2.30. The maximum Gasteiger partial charge on any atom is 0.341 e. The van der Waals surface area contributed by atoms with Gasteiger partial charge in [-0.15, -0.1) is 11.8 Å². The summed E-state index contributed by atoms with van der Waals surface area (Å²) in [5, 5.41) is 8.80. The average molecular weight is 431 g/mol. The zero-order valence-electron chi connectivity index (χ0n) is 18.6. The fraction of sp³-hybridized carbons (Fsp3) is 0.480. The van der Waals surface area contributed by atoms with Gasteiger partial charge in [-0.1, -0.05) is 44.4 Å². The Morgan fingerprint density at radius 1 is 1.00 bits per heavy atom. The number of ether oxygens (including phenoxy) is 2.